The van der Waals surface area contributed by atoms with Crippen molar-refractivity contribution in [2.75, 3.05) is 13.1 Å². The summed E-state index contributed by atoms with van der Waals surface area (Å²) in [5.74, 6) is 0.133. The first-order valence-corrected chi connectivity index (χ1v) is 5.68. The molecule has 0 radical (unpaired) electrons. The van der Waals surface area contributed by atoms with Gasteiger partial charge in [0.2, 0.25) is 0 Å². The fourth-order valence-electron chi connectivity index (χ4n) is 1.70. The van der Waals surface area contributed by atoms with Crippen LogP contribution in [0.2, 0.25) is 0 Å². The highest BCUT2D eigenvalue weighted by molar-refractivity contribution is 5.68. The van der Waals surface area contributed by atoms with Crippen LogP contribution in [0.4, 0.5) is 4.79 Å². The summed E-state index contributed by atoms with van der Waals surface area (Å²) in [7, 11) is 0. The molecule has 0 aromatic rings. The molecule has 1 heterocycles. The normalized spacial score (nSPS) is 30.9. The Morgan fingerprint density at radius 1 is 1.44 bits per heavy atom. The molecule has 0 aromatic carbocycles. The highest BCUT2D eigenvalue weighted by Gasteiger charge is 2.31. The van der Waals surface area contributed by atoms with E-state index in [9.17, 15) is 9.90 Å². The molecule has 1 rings (SSSR count). The first kappa shape index (κ1) is 13.3. The summed E-state index contributed by atoms with van der Waals surface area (Å²) in [6.07, 6.45) is -0.999. The van der Waals surface area contributed by atoms with E-state index in [0.717, 1.165) is 6.54 Å². The van der Waals surface area contributed by atoms with E-state index in [1.54, 1.807) is 0 Å². The monoisotopic (exact) mass is 230 g/mol. The minimum atomic E-state index is -0.520. The number of aliphatic hydroxyl groups excluding tert-OH is 1. The molecule has 0 aliphatic carbocycles. The van der Waals surface area contributed by atoms with Crippen molar-refractivity contribution in [2.45, 2.75) is 45.4 Å². The molecule has 1 amide bonds. The van der Waals surface area contributed by atoms with E-state index in [1.165, 1.54) is 0 Å². The maximum absolute atomic E-state index is 11.5. The van der Waals surface area contributed by atoms with Crippen LogP contribution < -0.4 is 10.6 Å². The van der Waals surface area contributed by atoms with Crippen LogP contribution in [-0.2, 0) is 4.74 Å². The quantitative estimate of drug-likeness (QED) is 0.613. The summed E-state index contributed by atoms with van der Waals surface area (Å²) in [5.41, 5.74) is -0.511. The van der Waals surface area contributed by atoms with Gasteiger partial charge in [-0.3, -0.25) is 0 Å². The van der Waals surface area contributed by atoms with Crippen LogP contribution in [-0.4, -0.2) is 42.0 Å². The first-order chi connectivity index (χ1) is 7.29. The number of aliphatic hydroxyl groups is 1. The van der Waals surface area contributed by atoms with Crippen molar-refractivity contribution in [3.63, 3.8) is 0 Å². The number of rotatable bonds is 1. The van der Waals surface area contributed by atoms with E-state index in [2.05, 4.69) is 10.6 Å². The van der Waals surface area contributed by atoms with E-state index >= 15 is 0 Å². The van der Waals surface area contributed by atoms with Crippen molar-refractivity contribution >= 4 is 6.09 Å². The topological polar surface area (TPSA) is 70.6 Å². The average Bonchev–Trinajstić information content (AvgIpc) is 2.09. The average molecular weight is 230 g/mol. The standard InChI is InChI=1S/C11H22N2O3/c1-7-5-12-6-8(9(7)14)13-10(15)16-11(2,3)4/h7-9,12,14H,5-6H2,1-4H3,(H,13,15). The molecule has 1 saturated heterocycles. The maximum atomic E-state index is 11.5. The van der Waals surface area contributed by atoms with Crippen LogP contribution in [0, 0.1) is 5.92 Å². The SMILES string of the molecule is CC1CNCC(NC(=O)OC(C)(C)C)C1O. The third-order valence-electron chi connectivity index (χ3n) is 2.53. The first-order valence-electron chi connectivity index (χ1n) is 5.68. The number of alkyl carbamates (subject to hydrolysis) is 1. The molecule has 94 valence electrons. The molecular weight excluding hydrogens is 208 g/mol. The third-order valence-corrected chi connectivity index (χ3v) is 2.53. The summed E-state index contributed by atoms with van der Waals surface area (Å²) in [6, 6.07) is -0.279. The molecular formula is C11H22N2O3. The van der Waals surface area contributed by atoms with Crippen LogP contribution in [0.3, 0.4) is 0 Å². The largest absolute Gasteiger partial charge is 0.444 e. The van der Waals surface area contributed by atoms with Gasteiger partial charge in [-0.15, -0.1) is 0 Å². The van der Waals surface area contributed by atoms with Crippen LogP contribution in [0.25, 0.3) is 0 Å². The molecule has 5 nitrogen and oxygen atoms in total. The third kappa shape index (κ3) is 3.98. The summed E-state index contributed by atoms with van der Waals surface area (Å²) in [4.78, 5) is 11.5. The van der Waals surface area contributed by atoms with Crippen LogP contribution in [0.5, 0.6) is 0 Å². The molecule has 0 bridgehead atoms. The number of hydrogen-bond acceptors (Lipinski definition) is 4. The van der Waals surface area contributed by atoms with E-state index in [4.69, 9.17) is 4.74 Å². The van der Waals surface area contributed by atoms with Gasteiger partial charge in [-0.1, -0.05) is 6.92 Å². The number of carbonyl (C=O) groups is 1. The van der Waals surface area contributed by atoms with Gasteiger partial charge in [0.1, 0.15) is 5.60 Å². The van der Waals surface area contributed by atoms with Gasteiger partial charge in [-0.05, 0) is 26.7 Å². The molecule has 3 atom stereocenters. The second-order valence-corrected chi connectivity index (χ2v) is 5.38. The van der Waals surface area contributed by atoms with Crippen LogP contribution in [0.15, 0.2) is 0 Å². The molecule has 1 aliphatic heterocycles. The van der Waals surface area contributed by atoms with E-state index < -0.39 is 17.8 Å². The van der Waals surface area contributed by atoms with Crippen LogP contribution >= 0.6 is 0 Å². The number of hydrogen-bond donors (Lipinski definition) is 3. The summed E-state index contributed by atoms with van der Waals surface area (Å²) in [6.45, 7) is 8.72. The highest BCUT2D eigenvalue weighted by Crippen LogP contribution is 2.12. The molecule has 3 N–H and O–H groups in total. The predicted molar refractivity (Wildman–Crippen MR) is 61.2 cm³/mol. The summed E-state index contributed by atoms with van der Waals surface area (Å²) < 4.78 is 5.14. The van der Waals surface area contributed by atoms with Crippen molar-refractivity contribution in [3.05, 3.63) is 0 Å². The second-order valence-electron chi connectivity index (χ2n) is 5.38. The molecule has 1 fully saturated rings. The summed E-state index contributed by atoms with van der Waals surface area (Å²) >= 11 is 0. The lowest BCUT2D eigenvalue weighted by molar-refractivity contribution is 0.0265. The predicted octanol–water partition coefficient (Wildman–Crippen LogP) is 0.480. The van der Waals surface area contributed by atoms with Crippen molar-refractivity contribution in [1.82, 2.24) is 10.6 Å². The highest BCUT2D eigenvalue weighted by atomic mass is 16.6. The van der Waals surface area contributed by atoms with Crippen LogP contribution in [0.1, 0.15) is 27.7 Å². The second kappa shape index (κ2) is 5.01. The van der Waals surface area contributed by atoms with E-state index in [1.807, 2.05) is 27.7 Å². The number of ether oxygens (including phenoxy) is 1. The molecule has 3 unspecified atom stereocenters. The van der Waals surface area contributed by atoms with Gasteiger partial charge in [0, 0.05) is 13.1 Å². The summed E-state index contributed by atoms with van der Waals surface area (Å²) in [5, 5.41) is 15.7. The van der Waals surface area contributed by atoms with Crippen molar-refractivity contribution < 1.29 is 14.6 Å². The number of amides is 1. The minimum Gasteiger partial charge on any atom is -0.444 e. The van der Waals surface area contributed by atoms with Gasteiger partial charge in [0.25, 0.3) is 0 Å². The zero-order chi connectivity index (χ0) is 12.3. The Morgan fingerprint density at radius 2 is 2.06 bits per heavy atom. The maximum Gasteiger partial charge on any atom is 0.408 e. The van der Waals surface area contributed by atoms with Crippen molar-refractivity contribution in [2.24, 2.45) is 5.92 Å². The lowest BCUT2D eigenvalue weighted by Crippen LogP contribution is -2.57. The van der Waals surface area contributed by atoms with Crippen molar-refractivity contribution in [1.29, 1.82) is 0 Å². The molecule has 1 aliphatic rings. The molecule has 16 heavy (non-hydrogen) atoms. The molecule has 0 saturated carbocycles. The smallest absolute Gasteiger partial charge is 0.408 e. The number of piperidine rings is 1. The number of carbonyl (C=O) groups excluding carboxylic acids is 1. The lowest BCUT2D eigenvalue weighted by Gasteiger charge is -2.34. The van der Waals surface area contributed by atoms with E-state index in [-0.39, 0.29) is 12.0 Å². The molecule has 5 heteroatoms. The van der Waals surface area contributed by atoms with E-state index in [0.29, 0.717) is 6.54 Å². The Bertz CT molecular complexity index is 250. The fraction of sp³-hybridized carbons (Fsp3) is 0.909. The Labute approximate surface area is 96.6 Å². The van der Waals surface area contributed by atoms with Gasteiger partial charge in [-0.25, -0.2) is 4.79 Å². The van der Waals surface area contributed by atoms with Crippen molar-refractivity contribution in [3.8, 4) is 0 Å². The van der Waals surface area contributed by atoms with Gasteiger partial charge in [0.05, 0.1) is 12.1 Å². The molecule has 0 spiro atoms. The van der Waals surface area contributed by atoms with Gasteiger partial charge >= 0.3 is 6.09 Å². The zero-order valence-corrected chi connectivity index (χ0v) is 10.4. The van der Waals surface area contributed by atoms with Gasteiger partial charge < -0.3 is 20.5 Å². The van der Waals surface area contributed by atoms with Gasteiger partial charge in [-0.2, -0.15) is 0 Å². The Hall–Kier alpha value is -0.810. The minimum absolute atomic E-state index is 0.133. The fourth-order valence-corrected chi connectivity index (χ4v) is 1.70. The number of nitrogens with one attached hydrogen (secondary N) is 2. The zero-order valence-electron chi connectivity index (χ0n) is 10.4. The Balaban J connectivity index is 2.44. The Kier molecular flexibility index (Phi) is 4.15. The van der Waals surface area contributed by atoms with Gasteiger partial charge in [0.15, 0.2) is 0 Å². The molecule has 0 aromatic heterocycles. The Morgan fingerprint density at radius 3 is 2.62 bits per heavy atom. The lowest BCUT2D eigenvalue weighted by atomic mass is 9.94.